The molecule has 14 heteroatoms. The van der Waals surface area contributed by atoms with E-state index < -0.39 is 29.3 Å². The Morgan fingerprint density at radius 3 is 1.46 bits per heavy atom. The van der Waals surface area contributed by atoms with Crippen LogP contribution in [0, 0.1) is 16.2 Å². The fourth-order valence-electron chi connectivity index (χ4n) is 5.83. The summed E-state index contributed by atoms with van der Waals surface area (Å²) < 4.78 is 0. The Morgan fingerprint density at radius 1 is 0.760 bits per heavy atom. The lowest BCUT2D eigenvalue weighted by molar-refractivity contribution is -0.139. The first-order chi connectivity index (χ1) is 23.2. The Hall–Kier alpha value is -3.14. The topological polar surface area (TPSA) is 288 Å². The Labute approximate surface area is 297 Å². The number of aliphatic hydroxyl groups excluding tert-OH is 3. The van der Waals surface area contributed by atoms with E-state index in [2.05, 4.69) is 20.8 Å². The molecule has 2 aliphatic rings. The van der Waals surface area contributed by atoms with Gasteiger partial charge in [-0.1, -0.05) is 53.0 Å². The van der Waals surface area contributed by atoms with Crippen LogP contribution >= 0.6 is 0 Å². The summed E-state index contributed by atoms with van der Waals surface area (Å²) in [5.74, 6) is -3.99. The minimum atomic E-state index is -1.13. The van der Waals surface area contributed by atoms with Gasteiger partial charge in [0.1, 0.15) is 0 Å². The van der Waals surface area contributed by atoms with Crippen LogP contribution in [0.15, 0.2) is 24.3 Å². The van der Waals surface area contributed by atoms with Gasteiger partial charge in [0.2, 0.25) is 0 Å². The summed E-state index contributed by atoms with van der Waals surface area (Å²) in [5.41, 5.74) is 17.4. The van der Waals surface area contributed by atoms with E-state index in [4.69, 9.17) is 52.9 Å². The number of carboxylic acid groups (broad SMARTS) is 4. The van der Waals surface area contributed by atoms with Gasteiger partial charge in [-0.2, -0.15) is 0 Å². The van der Waals surface area contributed by atoms with Gasteiger partial charge in [0, 0.05) is 30.3 Å². The number of aromatic carboxylic acids is 2. The van der Waals surface area contributed by atoms with Crippen molar-refractivity contribution in [2.75, 3.05) is 26.4 Å². The van der Waals surface area contributed by atoms with Gasteiger partial charge in [0.15, 0.2) is 0 Å². The zero-order valence-electron chi connectivity index (χ0n) is 30.5. The van der Waals surface area contributed by atoms with E-state index in [0.29, 0.717) is 36.8 Å². The molecule has 2 saturated carbocycles. The molecule has 14 nitrogen and oxygen atoms in total. The largest absolute Gasteiger partial charge is 0.481 e. The lowest BCUT2D eigenvalue weighted by Gasteiger charge is -2.45. The van der Waals surface area contributed by atoms with Gasteiger partial charge < -0.3 is 52.9 Å². The van der Waals surface area contributed by atoms with Crippen LogP contribution in [-0.4, -0.2) is 98.1 Å². The molecule has 1 aromatic carbocycles. The molecular weight excluding hydrogens is 650 g/mol. The number of aliphatic hydroxyl groups is 3. The van der Waals surface area contributed by atoms with E-state index in [0.717, 1.165) is 25.5 Å². The highest BCUT2D eigenvalue weighted by Gasteiger charge is 2.39. The maximum Gasteiger partial charge on any atom is 0.335 e. The summed E-state index contributed by atoms with van der Waals surface area (Å²) in [4.78, 5) is 40.6. The molecule has 0 saturated heterocycles. The summed E-state index contributed by atoms with van der Waals surface area (Å²) >= 11 is 0. The molecule has 2 atom stereocenters. The van der Waals surface area contributed by atoms with Crippen LogP contribution in [0.2, 0.25) is 0 Å². The highest BCUT2D eigenvalue weighted by molar-refractivity contribution is 5.93. The van der Waals surface area contributed by atoms with E-state index in [1.54, 1.807) is 0 Å². The average molecular weight is 716 g/mol. The molecule has 290 valence electrons. The van der Waals surface area contributed by atoms with Crippen molar-refractivity contribution >= 4 is 23.9 Å². The molecule has 0 radical (unpaired) electrons. The summed E-state index contributed by atoms with van der Waals surface area (Å²) in [6, 6.07) is 6.08. The number of rotatable bonds is 12. The van der Waals surface area contributed by atoms with E-state index in [9.17, 15) is 19.2 Å². The SMILES string of the molecule is CC1(C)CC(N)CC(C)(CN)C1.CCC(CO)(CO)CO.NC1CCCCC1.O=C(O)CCCCC(=O)O.O=C(O)c1cccc(C(=O)O)c1. The standard InChI is InChI=1S/C10H22N2.C8H6O4.C6H13N.C6H10O4.C6H14O3/c1-9(2)4-8(12)5-10(3,6-9)7-11;9-7(10)5-2-1-3-6(4-5)8(11)12;7-6-4-2-1-3-5-6;7-5(8)3-1-2-4-6(9)10;1-2-6(3-7,4-8)5-9/h8H,4-7,11-12H2,1-3H3;1-4H,(H,9,10)(H,11,12);6H,1-5,7H2;1-4H2,(H,7,8)(H,9,10);7-9H,2-5H2,1H3. The minimum Gasteiger partial charge on any atom is -0.481 e. The van der Waals surface area contributed by atoms with Crippen LogP contribution in [0.25, 0.3) is 0 Å². The third kappa shape index (κ3) is 23.3. The van der Waals surface area contributed by atoms with Gasteiger partial charge in [-0.25, -0.2) is 9.59 Å². The van der Waals surface area contributed by atoms with E-state index in [-0.39, 0.29) is 49.2 Å². The molecule has 0 aliphatic heterocycles. The summed E-state index contributed by atoms with van der Waals surface area (Å²) in [7, 11) is 0. The molecule has 2 unspecified atom stereocenters. The van der Waals surface area contributed by atoms with Gasteiger partial charge in [-0.05, 0) is 86.9 Å². The smallest absolute Gasteiger partial charge is 0.335 e. The molecule has 1 aromatic rings. The summed E-state index contributed by atoms with van der Waals surface area (Å²) in [5, 5.41) is 59.2. The first-order valence-electron chi connectivity index (χ1n) is 17.3. The highest BCUT2D eigenvalue weighted by atomic mass is 16.4. The number of carboxylic acids is 4. The maximum atomic E-state index is 10.4. The summed E-state index contributed by atoms with van der Waals surface area (Å²) in [6.07, 6.45) is 11.7. The van der Waals surface area contributed by atoms with Crippen molar-refractivity contribution < 1.29 is 54.9 Å². The third-order valence-electron chi connectivity index (χ3n) is 8.76. The number of nitrogens with two attached hydrogens (primary N) is 3. The predicted molar refractivity (Wildman–Crippen MR) is 192 cm³/mol. The molecule has 2 fully saturated rings. The normalized spacial score (nSPS) is 19.7. The monoisotopic (exact) mass is 715 g/mol. The first kappa shape index (κ1) is 49.0. The Balaban J connectivity index is 0. The zero-order valence-corrected chi connectivity index (χ0v) is 30.5. The number of benzene rings is 1. The van der Waals surface area contributed by atoms with Crippen LogP contribution in [0.4, 0.5) is 0 Å². The number of carbonyl (C=O) groups is 4. The fourth-order valence-corrected chi connectivity index (χ4v) is 5.83. The highest BCUT2D eigenvalue weighted by Crippen LogP contribution is 2.44. The van der Waals surface area contributed by atoms with Crippen LogP contribution in [-0.2, 0) is 9.59 Å². The Bertz CT molecular complexity index is 1060. The number of hydrogen-bond acceptors (Lipinski definition) is 10. The molecule has 0 aromatic heterocycles. The summed E-state index contributed by atoms with van der Waals surface area (Å²) in [6.45, 7) is 8.96. The zero-order chi connectivity index (χ0) is 39.0. The quantitative estimate of drug-likeness (QED) is 0.137. The number of unbranched alkanes of at least 4 members (excludes halogenated alkanes) is 1. The van der Waals surface area contributed by atoms with Crippen molar-refractivity contribution in [2.24, 2.45) is 33.4 Å². The molecule has 0 spiro atoms. The molecule has 3 rings (SSSR count). The number of aliphatic carboxylic acids is 2. The molecule has 50 heavy (non-hydrogen) atoms. The van der Waals surface area contributed by atoms with Crippen LogP contribution in [0.3, 0.4) is 0 Å². The molecule has 0 bridgehead atoms. The van der Waals surface area contributed by atoms with Crippen molar-refractivity contribution in [3.05, 3.63) is 35.4 Å². The predicted octanol–water partition coefficient (Wildman–Crippen LogP) is 3.93. The van der Waals surface area contributed by atoms with Crippen molar-refractivity contribution in [3.8, 4) is 0 Å². The van der Waals surface area contributed by atoms with Gasteiger partial charge >= 0.3 is 23.9 Å². The lowest BCUT2D eigenvalue weighted by atomic mass is 9.63. The van der Waals surface area contributed by atoms with Crippen molar-refractivity contribution in [2.45, 2.75) is 123 Å². The second-order valence-electron chi connectivity index (χ2n) is 14.4. The number of hydrogen-bond donors (Lipinski definition) is 10. The molecule has 0 amide bonds. The van der Waals surface area contributed by atoms with Gasteiger partial charge in [0.05, 0.1) is 30.9 Å². The van der Waals surface area contributed by atoms with Gasteiger partial charge in [-0.15, -0.1) is 0 Å². The fraction of sp³-hybridized carbons (Fsp3) is 0.722. The lowest BCUT2D eigenvalue weighted by Crippen LogP contribution is -2.45. The molecule has 2 aliphatic carbocycles. The second-order valence-corrected chi connectivity index (χ2v) is 14.4. The van der Waals surface area contributed by atoms with Crippen molar-refractivity contribution in [3.63, 3.8) is 0 Å². The van der Waals surface area contributed by atoms with Crippen LogP contribution in [0.5, 0.6) is 0 Å². The molecule has 0 heterocycles. The van der Waals surface area contributed by atoms with Crippen LogP contribution in [0.1, 0.15) is 132 Å². The molecular formula is C36H65N3O11. The van der Waals surface area contributed by atoms with E-state index >= 15 is 0 Å². The van der Waals surface area contributed by atoms with Gasteiger partial charge in [0.25, 0.3) is 0 Å². The van der Waals surface area contributed by atoms with Crippen molar-refractivity contribution in [1.82, 2.24) is 0 Å². The Morgan fingerprint density at radius 2 is 1.20 bits per heavy atom. The molecule has 13 N–H and O–H groups in total. The third-order valence-corrected chi connectivity index (χ3v) is 8.76. The Kier molecular flexibility index (Phi) is 25.2. The second kappa shape index (κ2) is 25.8. The van der Waals surface area contributed by atoms with Crippen LogP contribution < -0.4 is 17.2 Å². The van der Waals surface area contributed by atoms with E-state index in [1.807, 2.05) is 6.92 Å². The van der Waals surface area contributed by atoms with E-state index in [1.165, 1.54) is 56.7 Å². The first-order valence-corrected chi connectivity index (χ1v) is 17.3. The minimum absolute atomic E-state index is 0.0186. The average Bonchev–Trinajstić information content (AvgIpc) is 3.05. The maximum absolute atomic E-state index is 10.4. The van der Waals surface area contributed by atoms with Crippen molar-refractivity contribution in [1.29, 1.82) is 0 Å². The van der Waals surface area contributed by atoms with Gasteiger partial charge in [-0.3, -0.25) is 9.59 Å².